The van der Waals surface area contributed by atoms with Crippen molar-refractivity contribution < 1.29 is 14.3 Å². The third-order valence-electron chi connectivity index (χ3n) is 4.11. The maximum Gasteiger partial charge on any atom is 0.350 e. The van der Waals surface area contributed by atoms with Crippen molar-refractivity contribution in [1.82, 2.24) is 0 Å². The van der Waals surface area contributed by atoms with E-state index in [-0.39, 0.29) is 11.4 Å². The van der Waals surface area contributed by atoms with Gasteiger partial charge in [-0.15, -0.1) is 23.1 Å². The molecule has 1 N–H and O–H groups in total. The molecule has 0 unspecified atom stereocenters. The number of ketones is 1. The van der Waals surface area contributed by atoms with Gasteiger partial charge in [-0.3, -0.25) is 4.79 Å². The number of rotatable bonds is 8. The predicted octanol–water partition coefficient (Wildman–Crippen LogP) is 5.53. The van der Waals surface area contributed by atoms with Crippen LogP contribution in [-0.2, 0) is 10.5 Å². The Kier molecular flexibility index (Phi) is 7.44. The van der Waals surface area contributed by atoms with Gasteiger partial charge >= 0.3 is 5.97 Å². The Balaban J connectivity index is 1.73. The molecule has 2 aromatic carbocycles. The fourth-order valence-corrected chi connectivity index (χ4v) is 4.25. The first-order valence-electron chi connectivity index (χ1n) is 8.96. The highest BCUT2D eigenvalue weighted by atomic mass is 32.2. The van der Waals surface area contributed by atoms with Crippen LogP contribution in [0.2, 0.25) is 0 Å². The van der Waals surface area contributed by atoms with Gasteiger partial charge in [-0.05, 0) is 35.2 Å². The number of Topliss-reactive ketones (excluding diaryl/α,β-unsaturated/α-hetero) is 1. The molecule has 0 bridgehead atoms. The first-order valence-corrected chi connectivity index (χ1v) is 10.8. The fraction of sp³-hybridized carbons (Fsp3) is 0.0870. The zero-order valence-electron chi connectivity index (χ0n) is 16.1. The van der Waals surface area contributed by atoms with Gasteiger partial charge < -0.3 is 10.1 Å². The molecule has 0 radical (unpaired) electrons. The molecule has 0 spiro atoms. The number of methoxy groups -OCH3 is 1. The molecule has 0 fully saturated rings. The Bertz CT molecular complexity index is 1110. The number of hydrogen-bond donors (Lipinski definition) is 1. The molecular weight excluding hydrogens is 416 g/mol. The molecule has 0 aliphatic rings. The summed E-state index contributed by atoms with van der Waals surface area (Å²) < 4.78 is 4.73. The van der Waals surface area contributed by atoms with Gasteiger partial charge in [0.2, 0.25) is 5.78 Å². The van der Waals surface area contributed by atoms with Crippen molar-refractivity contribution in [3.8, 4) is 6.07 Å². The highest BCUT2D eigenvalue weighted by molar-refractivity contribution is 7.98. The predicted molar refractivity (Wildman–Crippen MR) is 120 cm³/mol. The van der Waals surface area contributed by atoms with E-state index in [1.807, 2.05) is 48.5 Å². The summed E-state index contributed by atoms with van der Waals surface area (Å²) in [5, 5.41) is 14.1. The Hall–Kier alpha value is -3.34. The number of ether oxygens (including phenoxy) is 1. The minimum absolute atomic E-state index is 0.0510. The molecule has 0 atom stereocenters. The lowest BCUT2D eigenvalue weighted by Crippen LogP contribution is -2.06. The highest BCUT2D eigenvalue weighted by Gasteiger charge is 2.15. The molecular formula is C23H18N2O3S2. The number of nitrogens with zero attached hydrogens (tertiary/aromatic N) is 1. The molecule has 1 aromatic heterocycles. The quantitative estimate of drug-likeness (QED) is 0.165. The summed E-state index contributed by atoms with van der Waals surface area (Å²) in [7, 11) is 1.30. The average molecular weight is 435 g/mol. The second-order valence-electron chi connectivity index (χ2n) is 6.10. The van der Waals surface area contributed by atoms with Gasteiger partial charge in [0, 0.05) is 22.4 Å². The summed E-state index contributed by atoms with van der Waals surface area (Å²) in [5.41, 5.74) is 1.87. The second kappa shape index (κ2) is 10.4. The number of allylic oxidation sites excluding steroid dienone is 1. The zero-order chi connectivity index (χ0) is 21.3. The molecule has 150 valence electrons. The lowest BCUT2D eigenvalue weighted by Gasteiger charge is -2.06. The third-order valence-corrected chi connectivity index (χ3v) is 6.09. The Morgan fingerprint density at radius 1 is 1.17 bits per heavy atom. The van der Waals surface area contributed by atoms with E-state index in [2.05, 4.69) is 5.32 Å². The van der Waals surface area contributed by atoms with Crippen LogP contribution in [0.15, 0.2) is 82.7 Å². The highest BCUT2D eigenvalue weighted by Crippen LogP contribution is 2.25. The molecule has 30 heavy (non-hydrogen) atoms. The van der Waals surface area contributed by atoms with Crippen LogP contribution < -0.4 is 5.32 Å². The first kappa shape index (κ1) is 21.4. The number of carbonyl (C=O) groups excluding carboxylic acids is 2. The monoisotopic (exact) mass is 434 g/mol. The van der Waals surface area contributed by atoms with Crippen LogP contribution in [-0.4, -0.2) is 18.9 Å². The van der Waals surface area contributed by atoms with Crippen LogP contribution in [0.1, 0.15) is 25.6 Å². The molecule has 0 aliphatic heterocycles. The van der Waals surface area contributed by atoms with Crippen LogP contribution in [0.3, 0.4) is 0 Å². The molecule has 0 saturated heterocycles. The first-order chi connectivity index (χ1) is 14.6. The van der Waals surface area contributed by atoms with Gasteiger partial charge in [-0.1, -0.05) is 36.4 Å². The minimum atomic E-state index is -0.477. The van der Waals surface area contributed by atoms with E-state index in [1.165, 1.54) is 24.6 Å². The Morgan fingerprint density at radius 2 is 1.97 bits per heavy atom. The molecule has 1 heterocycles. The van der Waals surface area contributed by atoms with Crippen molar-refractivity contribution in [2.45, 2.75) is 10.6 Å². The van der Waals surface area contributed by atoms with E-state index in [4.69, 9.17) is 4.74 Å². The number of thiophene rings is 1. The van der Waals surface area contributed by atoms with E-state index >= 15 is 0 Å². The standard InChI is InChI=1S/C23H18N2O3S2/c1-28-23(27)22-20(10-11-29-22)25-14-18(13-24)21(26)17-7-5-6-16(12-17)15-30-19-8-3-2-4-9-19/h2-12,14,25H,15H2,1H3/b18-14+. The van der Waals surface area contributed by atoms with Gasteiger partial charge in [-0.25, -0.2) is 4.79 Å². The lowest BCUT2D eigenvalue weighted by atomic mass is 10.0. The normalized spacial score (nSPS) is 10.9. The number of nitrogens with one attached hydrogen (secondary N) is 1. The molecule has 5 nitrogen and oxygen atoms in total. The van der Waals surface area contributed by atoms with Crippen LogP contribution in [0.4, 0.5) is 5.69 Å². The molecule has 7 heteroatoms. The van der Waals surface area contributed by atoms with E-state index in [1.54, 1.807) is 35.3 Å². The number of hydrogen-bond acceptors (Lipinski definition) is 7. The minimum Gasteiger partial charge on any atom is -0.465 e. The zero-order valence-corrected chi connectivity index (χ0v) is 17.8. The smallest absolute Gasteiger partial charge is 0.350 e. The van der Waals surface area contributed by atoms with E-state index in [9.17, 15) is 14.9 Å². The third kappa shape index (κ3) is 5.38. The second-order valence-corrected chi connectivity index (χ2v) is 8.07. The Morgan fingerprint density at radius 3 is 2.70 bits per heavy atom. The van der Waals surface area contributed by atoms with E-state index in [0.29, 0.717) is 21.9 Å². The Labute approximate surface area is 183 Å². The van der Waals surface area contributed by atoms with Crippen LogP contribution in [0.25, 0.3) is 0 Å². The van der Waals surface area contributed by atoms with Gasteiger partial charge in [-0.2, -0.15) is 5.26 Å². The number of esters is 1. The van der Waals surface area contributed by atoms with Gasteiger partial charge in [0.15, 0.2) is 0 Å². The summed E-state index contributed by atoms with van der Waals surface area (Å²) in [5.74, 6) is -0.146. The maximum absolute atomic E-state index is 12.8. The number of nitriles is 1. The largest absolute Gasteiger partial charge is 0.465 e. The van der Waals surface area contributed by atoms with Crippen molar-refractivity contribution in [2.75, 3.05) is 12.4 Å². The summed E-state index contributed by atoms with van der Waals surface area (Å²) in [6.07, 6.45) is 1.32. The van der Waals surface area contributed by atoms with Crippen LogP contribution >= 0.6 is 23.1 Å². The number of carbonyl (C=O) groups is 2. The summed E-state index contributed by atoms with van der Waals surface area (Å²) >= 11 is 2.89. The number of anilines is 1. The fourth-order valence-electron chi connectivity index (χ4n) is 2.61. The summed E-state index contributed by atoms with van der Waals surface area (Å²) in [6, 6.07) is 20.9. The van der Waals surface area contributed by atoms with Crippen LogP contribution in [0.5, 0.6) is 0 Å². The van der Waals surface area contributed by atoms with Crippen molar-refractivity contribution >= 4 is 40.5 Å². The summed E-state index contributed by atoms with van der Waals surface area (Å²) in [6.45, 7) is 0. The van der Waals surface area contributed by atoms with Crippen molar-refractivity contribution in [3.05, 3.63) is 93.8 Å². The summed E-state index contributed by atoms with van der Waals surface area (Å²) in [4.78, 5) is 26.1. The molecule has 3 aromatic rings. The number of thioether (sulfide) groups is 1. The van der Waals surface area contributed by atoms with Gasteiger partial charge in [0.25, 0.3) is 0 Å². The maximum atomic E-state index is 12.8. The van der Waals surface area contributed by atoms with Crippen LogP contribution in [0, 0.1) is 11.3 Å². The topological polar surface area (TPSA) is 79.2 Å². The molecule has 0 aliphatic carbocycles. The number of benzene rings is 2. The van der Waals surface area contributed by atoms with Gasteiger partial charge in [0.05, 0.1) is 12.8 Å². The average Bonchev–Trinajstić information content (AvgIpc) is 3.27. The SMILES string of the molecule is COC(=O)c1sccc1N/C=C(\C#N)C(=O)c1cccc(CSc2ccccc2)c1. The van der Waals surface area contributed by atoms with Crippen molar-refractivity contribution in [1.29, 1.82) is 5.26 Å². The molecule has 0 saturated carbocycles. The van der Waals surface area contributed by atoms with Crippen molar-refractivity contribution in [2.24, 2.45) is 0 Å². The van der Waals surface area contributed by atoms with Gasteiger partial charge in [0.1, 0.15) is 16.5 Å². The molecule has 0 amide bonds. The van der Waals surface area contributed by atoms with E-state index < -0.39 is 5.97 Å². The van der Waals surface area contributed by atoms with Crippen molar-refractivity contribution in [3.63, 3.8) is 0 Å². The lowest BCUT2D eigenvalue weighted by molar-refractivity contribution is 0.0607. The molecule has 3 rings (SSSR count). The van der Waals surface area contributed by atoms with E-state index in [0.717, 1.165) is 10.5 Å².